The molecule has 0 aromatic rings. The Balaban J connectivity index is 1.98. The molecule has 0 N–H and O–H groups in total. The third kappa shape index (κ3) is 5.99. The van der Waals surface area contributed by atoms with Crippen LogP contribution in [0.25, 0.3) is 0 Å². The molecule has 0 saturated carbocycles. The zero-order valence-electron chi connectivity index (χ0n) is 10.7. The third-order valence-electron chi connectivity index (χ3n) is 2.80. The first kappa shape index (κ1) is 14.2. The molecule has 1 aliphatic heterocycles. The minimum absolute atomic E-state index is 0.0496. The first-order valence-electron chi connectivity index (χ1n) is 6.55. The summed E-state index contributed by atoms with van der Waals surface area (Å²) in [6, 6.07) is 1.24. The summed E-state index contributed by atoms with van der Waals surface area (Å²) in [5.41, 5.74) is 0. The summed E-state index contributed by atoms with van der Waals surface area (Å²) >= 11 is 0. The van der Waals surface area contributed by atoms with E-state index >= 15 is 0 Å². The predicted octanol–water partition coefficient (Wildman–Crippen LogP) is 1.95. The van der Waals surface area contributed by atoms with Crippen LogP contribution < -0.4 is 0 Å². The molecule has 0 aromatic heterocycles. The summed E-state index contributed by atoms with van der Waals surface area (Å²) in [5, 5.41) is 0. The Morgan fingerprint density at radius 1 is 1.12 bits per heavy atom. The molecule has 1 aliphatic rings. The number of nitrogens with zero attached hydrogens (tertiary/aromatic N) is 1. The first-order chi connectivity index (χ1) is 7.86. The fourth-order valence-corrected chi connectivity index (χ4v) is 3.16. The number of likely N-dealkylation sites (tertiary alicyclic amines) is 1. The zero-order valence-corrected chi connectivity index (χ0v) is 11.7. The molecule has 0 amide bonds. The summed E-state index contributed by atoms with van der Waals surface area (Å²) in [6.45, 7) is 9.44. The molecule has 0 atom stereocenters. The molecule has 1 saturated heterocycles. The molecule has 0 spiro atoms. The molecule has 0 aliphatic carbocycles. The van der Waals surface area contributed by atoms with E-state index in [1.165, 1.54) is 44.9 Å². The van der Waals surface area contributed by atoms with Gasteiger partial charge in [0.25, 0.3) is 0 Å². The minimum Gasteiger partial charge on any atom is -0.357 e. The van der Waals surface area contributed by atoms with Crippen LogP contribution in [0.3, 0.4) is 0 Å². The van der Waals surface area contributed by atoms with E-state index < -0.39 is 0 Å². The van der Waals surface area contributed by atoms with E-state index in [1.807, 2.05) is 13.8 Å². The van der Waals surface area contributed by atoms with Crippen molar-refractivity contribution in [3.05, 3.63) is 0 Å². The van der Waals surface area contributed by atoms with Gasteiger partial charge < -0.3 is 14.4 Å². The van der Waals surface area contributed by atoms with Crippen molar-refractivity contribution in [2.24, 2.45) is 0 Å². The number of hydrogen-bond donors (Lipinski definition) is 0. The molecule has 3 nitrogen and oxygen atoms in total. The molecular weight excluding hydrogens is 218 g/mol. The summed E-state index contributed by atoms with van der Waals surface area (Å²) in [4.78, 5) is 2.57. The van der Waals surface area contributed by atoms with Crippen LogP contribution in [0.5, 0.6) is 0 Å². The summed E-state index contributed by atoms with van der Waals surface area (Å²) in [6.07, 6.45) is 4.07. The van der Waals surface area contributed by atoms with Crippen molar-refractivity contribution < 1.29 is 9.47 Å². The van der Waals surface area contributed by atoms with Gasteiger partial charge in [0.05, 0.1) is 0 Å². The molecule has 2 radical (unpaired) electrons. The molecule has 1 heterocycles. The van der Waals surface area contributed by atoms with Crippen molar-refractivity contribution in [2.75, 3.05) is 32.8 Å². The fourth-order valence-electron chi connectivity index (χ4n) is 2.00. The molecule has 0 bridgehead atoms. The van der Waals surface area contributed by atoms with Gasteiger partial charge in [0.15, 0.2) is 0 Å². The zero-order chi connectivity index (χ0) is 11.6. The van der Waals surface area contributed by atoms with Gasteiger partial charge in [-0.25, -0.2) is 0 Å². The Hall–Kier alpha value is 0.0969. The monoisotopic (exact) mass is 243 g/mol. The van der Waals surface area contributed by atoms with E-state index in [9.17, 15) is 0 Å². The van der Waals surface area contributed by atoms with E-state index in [0.717, 1.165) is 22.7 Å². The van der Waals surface area contributed by atoms with Crippen molar-refractivity contribution in [1.82, 2.24) is 4.90 Å². The molecule has 1 rings (SSSR count). The lowest BCUT2D eigenvalue weighted by molar-refractivity contribution is -0.0827. The van der Waals surface area contributed by atoms with Gasteiger partial charge in [-0.15, -0.1) is 0 Å². The van der Waals surface area contributed by atoms with Crippen molar-refractivity contribution in [3.63, 3.8) is 0 Å². The van der Waals surface area contributed by atoms with Crippen LogP contribution in [0.15, 0.2) is 0 Å². The summed E-state index contributed by atoms with van der Waals surface area (Å²) in [7, 11) is 0.789. The number of hydrogen-bond acceptors (Lipinski definition) is 3. The van der Waals surface area contributed by atoms with Gasteiger partial charge in [-0.2, -0.15) is 0 Å². The van der Waals surface area contributed by atoms with Crippen LogP contribution in [-0.2, 0) is 9.47 Å². The van der Waals surface area contributed by atoms with Crippen LogP contribution in [0.1, 0.15) is 33.1 Å². The third-order valence-corrected chi connectivity index (χ3v) is 4.11. The first-order valence-corrected chi connectivity index (χ1v) is 7.84. The normalized spacial score (nSPS) is 17.4. The Kier molecular flexibility index (Phi) is 8.11. The maximum Gasteiger partial charge on any atom is 0.137 e. The minimum atomic E-state index is 0.0496. The number of rotatable bonds is 9. The second-order valence-corrected chi connectivity index (χ2v) is 5.48. The standard InChI is InChI=1S/C12H25NO2Si/c1-3-14-12(15-4-2)16-11-7-10-13-8-5-6-9-13/h12H,3-11H2,1-2H3. The van der Waals surface area contributed by atoms with Crippen molar-refractivity contribution >= 4 is 9.52 Å². The van der Waals surface area contributed by atoms with Crippen LogP contribution in [-0.4, -0.2) is 53.2 Å². The van der Waals surface area contributed by atoms with Gasteiger partial charge in [-0.1, -0.05) is 6.04 Å². The lowest BCUT2D eigenvalue weighted by Gasteiger charge is -2.17. The van der Waals surface area contributed by atoms with E-state index in [0.29, 0.717) is 0 Å². The Morgan fingerprint density at radius 3 is 2.31 bits per heavy atom. The maximum absolute atomic E-state index is 5.53. The van der Waals surface area contributed by atoms with Gasteiger partial charge in [0.2, 0.25) is 0 Å². The molecular formula is C12H25NO2Si. The Labute approximate surface area is 102 Å². The lowest BCUT2D eigenvalue weighted by Crippen LogP contribution is -2.26. The van der Waals surface area contributed by atoms with E-state index in [-0.39, 0.29) is 5.91 Å². The average Bonchev–Trinajstić information content (AvgIpc) is 2.78. The largest absolute Gasteiger partial charge is 0.357 e. The predicted molar refractivity (Wildman–Crippen MR) is 67.9 cm³/mol. The smallest absolute Gasteiger partial charge is 0.137 e. The molecule has 4 heteroatoms. The van der Waals surface area contributed by atoms with Crippen LogP contribution in [0.4, 0.5) is 0 Å². The molecule has 94 valence electrons. The lowest BCUT2D eigenvalue weighted by atomic mass is 10.4. The van der Waals surface area contributed by atoms with E-state index in [4.69, 9.17) is 9.47 Å². The van der Waals surface area contributed by atoms with Crippen LogP contribution in [0, 0.1) is 0 Å². The second kappa shape index (κ2) is 9.16. The van der Waals surface area contributed by atoms with Crippen molar-refractivity contribution in [1.29, 1.82) is 0 Å². The molecule has 16 heavy (non-hydrogen) atoms. The summed E-state index contributed by atoms with van der Waals surface area (Å²) < 4.78 is 11.1. The van der Waals surface area contributed by atoms with Crippen LogP contribution >= 0.6 is 0 Å². The number of ether oxygens (including phenoxy) is 2. The van der Waals surface area contributed by atoms with E-state index in [2.05, 4.69) is 4.90 Å². The quantitative estimate of drug-likeness (QED) is 0.351. The second-order valence-electron chi connectivity index (χ2n) is 4.10. The molecule has 1 fully saturated rings. The molecule has 0 aromatic carbocycles. The van der Waals surface area contributed by atoms with Gasteiger partial charge in [0, 0.05) is 13.2 Å². The van der Waals surface area contributed by atoms with Gasteiger partial charge >= 0.3 is 0 Å². The topological polar surface area (TPSA) is 21.7 Å². The molecule has 0 unspecified atom stereocenters. The highest BCUT2D eigenvalue weighted by molar-refractivity contribution is 6.36. The van der Waals surface area contributed by atoms with Gasteiger partial charge in [-0.05, 0) is 52.7 Å². The average molecular weight is 243 g/mol. The maximum atomic E-state index is 5.53. The van der Waals surface area contributed by atoms with Crippen molar-refractivity contribution in [3.8, 4) is 0 Å². The highest BCUT2D eigenvalue weighted by atomic mass is 28.2. The van der Waals surface area contributed by atoms with Crippen LogP contribution in [0.2, 0.25) is 6.04 Å². The van der Waals surface area contributed by atoms with Gasteiger partial charge in [-0.3, -0.25) is 0 Å². The summed E-state index contributed by atoms with van der Waals surface area (Å²) in [5.74, 6) is 0.0496. The highest BCUT2D eigenvalue weighted by Gasteiger charge is 2.12. The highest BCUT2D eigenvalue weighted by Crippen LogP contribution is 2.08. The Morgan fingerprint density at radius 2 is 1.75 bits per heavy atom. The fraction of sp³-hybridized carbons (Fsp3) is 1.00. The van der Waals surface area contributed by atoms with Gasteiger partial charge in [0.1, 0.15) is 15.4 Å². The van der Waals surface area contributed by atoms with E-state index in [1.54, 1.807) is 0 Å². The Bertz CT molecular complexity index is 157. The SMILES string of the molecule is CCOC(OCC)[Si]CCCN1CCCC1. The van der Waals surface area contributed by atoms with Crippen molar-refractivity contribution in [2.45, 2.75) is 45.1 Å².